The summed E-state index contributed by atoms with van der Waals surface area (Å²) in [6.07, 6.45) is 6.10. The number of aliphatic hydroxyl groups is 1. The molecule has 0 aromatic rings. The molecule has 0 aromatic carbocycles. The first-order valence-electron chi connectivity index (χ1n) is 9.00. The molecule has 0 aliphatic carbocycles. The van der Waals surface area contributed by atoms with Crippen LogP contribution in [0, 0.1) is 5.92 Å². The van der Waals surface area contributed by atoms with Crippen molar-refractivity contribution in [1.29, 1.82) is 0 Å². The van der Waals surface area contributed by atoms with Gasteiger partial charge in [0.25, 0.3) is 0 Å². The predicted molar refractivity (Wildman–Crippen MR) is 88.9 cm³/mol. The van der Waals surface area contributed by atoms with E-state index < -0.39 is 0 Å². The fraction of sp³-hybridized carbons (Fsp3) is 0.941. The monoisotopic (exact) mass is 311 g/mol. The van der Waals surface area contributed by atoms with Crippen LogP contribution in [0.15, 0.2) is 0 Å². The van der Waals surface area contributed by atoms with Gasteiger partial charge in [-0.1, -0.05) is 13.8 Å². The minimum absolute atomic E-state index is 0.0838. The number of nitrogens with zero attached hydrogens (tertiary/aromatic N) is 2. The van der Waals surface area contributed by atoms with Crippen LogP contribution in [0.1, 0.15) is 52.4 Å². The van der Waals surface area contributed by atoms with Gasteiger partial charge in [0, 0.05) is 44.9 Å². The number of likely N-dealkylation sites (tertiary alicyclic amines) is 2. The minimum Gasteiger partial charge on any atom is -0.396 e. The highest BCUT2D eigenvalue weighted by atomic mass is 16.3. The number of amides is 2. The summed E-state index contributed by atoms with van der Waals surface area (Å²) >= 11 is 0. The lowest BCUT2D eigenvalue weighted by Gasteiger charge is -2.38. The summed E-state index contributed by atoms with van der Waals surface area (Å²) in [6.45, 7) is 8.85. The van der Waals surface area contributed by atoms with Crippen LogP contribution < -0.4 is 5.32 Å². The Labute approximate surface area is 135 Å². The van der Waals surface area contributed by atoms with Gasteiger partial charge in [0.15, 0.2) is 0 Å². The summed E-state index contributed by atoms with van der Waals surface area (Å²) in [5.41, 5.74) is 0. The van der Waals surface area contributed by atoms with Gasteiger partial charge < -0.3 is 20.2 Å². The molecule has 2 rings (SSSR count). The van der Waals surface area contributed by atoms with Crippen molar-refractivity contribution in [2.45, 2.75) is 64.5 Å². The Kier molecular flexibility index (Phi) is 6.96. The van der Waals surface area contributed by atoms with Crippen molar-refractivity contribution in [3.63, 3.8) is 0 Å². The van der Waals surface area contributed by atoms with Crippen LogP contribution in [0.3, 0.4) is 0 Å². The molecule has 0 bridgehead atoms. The SMILES string of the molecule is CC(C)CN1CCC(NC(=O)N2CCCCC2CCO)CC1. The van der Waals surface area contributed by atoms with Crippen LogP contribution in [-0.4, -0.2) is 65.8 Å². The molecule has 0 radical (unpaired) electrons. The van der Waals surface area contributed by atoms with E-state index in [-0.39, 0.29) is 18.7 Å². The zero-order valence-corrected chi connectivity index (χ0v) is 14.3. The van der Waals surface area contributed by atoms with Crippen LogP contribution in [0.5, 0.6) is 0 Å². The zero-order chi connectivity index (χ0) is 15.9. The molecule has 0 spiro atoms. The number of piperidine rings is 2. The third kappa shape index (κ3) is 5.13. The highest BCUT2D eigenvalue weighted by Crippen LogP contribution is 2.20. The second-order valence-corrected chi connectivity index (χ2v) is 7.27. The fourth-order valence-electron chi connectivity index (χ4n) is 3.75. The maximum absolute atomic E-state index is 12.5. The van der Waals surface area contributed by atoms with Gasteiger partial charge in [0.2, 0.25) is 0 Å². The van der Waals surface area contributed by atoms with Crippen molar-refractivity contribution in [1.82, 2.24) is 15.1 Å². The van der Waals surface area contributed by atoms with Crippen molar-refractivity contribution < 1.29 is 9.90 Å². The molecule has 2 aliphatic rings. The Hall–Kier alpha value is -0.810. The van der Waals surface area contributed by atoms with E-state index in [0.29, 0.717) is 18.4 Å². The molecule has 2 heterocycles. The van der Waals surface area contributed by atoms with Crippen molar-refractivity contribution in [2.75, 3.05) is 32.8 Å². The number of hydrogen-bond donors (Lipinski definition) is 2. The van der Waals surface area contributed by atoms with E-state index in [1.165, 1.54) is 6.42 Å². The first-order valence-corrected chi connectivity index (χ1v) is 9.00. The van der Waals surface area contributed by atoms with Gasteiger partial charge in [-0.25, -0.2) is 4.79 Å². The molecule has 1 unspecified atom stereocenters. The summed E-state index contributed by atoms with van der Waals surface area (Å²) in [7, 11) is 0. The number of aliphatic hydroxyl groups excluding tert-OH is 1. The van der Waals surface area contributed by atoms with E-state index in [1.807, 2.05) is 4.90 Å². The molecular weight excluding hydrogens is 278 g/mol. The average Bonchev–Trinajstić information content (AvgIpc) is 2.49. The van der Waals surface area contributed by atoms with E-state index in [1.54, 1.807) is 0 Å². The van der Waals surface area contributed by atoms with E-state index >= 15 is 0 Å². The quantitative estimate of drug-likeness (QED) is 0.817. The summed E-state index contributed by atoms with van der Waals surface area (Å²) in [5, 5.41) is 12.4. The van der Waals surface area contributed by atoms with E-state index in [2.05, 4.69) is 24.1 Å². The molecule has 2 fully saturated rings. The first-order chi connectivity index (χ1) is 10.6. The number of carbonyl (C=O) groups excluding carboxylic acids is 1. The van der Waals surface area contributed by atoms with Gasteiger partial charge in [0.1, 0.15) is 0 Å². The van der Waals surface area contributed by atoms with Gasteiger partial charge in [0.05, 0.1) is 0 Å². The van der Waals surface area contributed by atoms with Crippen LogP contribution in [0.4, 0.5) is 4.79 Å². The molecule has 2 aliphatic heterocycles. The van der Waals surface area contributed by atoms with Gasteiger partial charge in [-0.15, -0.1) is 0 Å². The van der Waals surface area contributed by atoms with Crippen LogP contribution >= 0.6 is 0 Å². The average molecular weight is 311 g/mol. The number of nitrogens with one attached hydrogen (secondary N) is 1. The standard InChI is InChI=1S/C17H33N3O2/c1-14(2)13-19-10-6-15(7-11-19)18-17(22)20-9-4-3-5-16(20)8-12-21/h14-16,21H,3-13H2,1-2H3,(H,18,22). The molecule has 2 saturated heterocycles. The number of urea groups is 1. The molecule has 128 valence electrons. The van der Waals surface area contributed by atoms with E-state index in [9.17, 15) is 9.90 Å². The fourth-order valence-corrected chi connectivity index (χ4v) is 3.75. The van der Waals surface area contributed by atoms with E-state index in [0.717, 1.165) is 51.9 Å². The number of carbonyl (C=O) groups is 1. The second kappa shape index (κ2) is 8.73. The summed E-state index contributed by atoms with van der Waals surface area (Å²) in [6, 6.07) is 0.618. The van der Waals surface area contributed by atoms with Crippen molar-refractivity contribution in [2.24, 2.45) is 5.92 Å². The molecule has 0 aromatic heterocycles. The molecule has 1 atom stereocenters. The minimum atomic E-state index is 0.0838. The maximum Gasteiger partial charge on any atom is 0.317 e. The van der Waals surface area contributed by atoms with Gasteiger partial charge >= 0.3 is 6.03 Å². The smallest absolute Gasteiger partial charge is 0.317 e. The Morgan fingerprint density at radius 2 is 1.91 bits per heavy atom. The zero-order valence-electron chi connectivity index (χ0n) is 14.3. The highest BCUT2D eigenvalue weighted by Gasteiger charge is 2.28. The van der Waals surface area contributed by atoms with Crippen LogP contribution in [-0.2, 0) is 0 Å². The third-order valence-corrected chi connectivity index (χ3v) is 4.89. The van der Waals surface area contributed by atoms with Crippen LogP contribution in [0.25, 0.3) is 0 Å². The second-order valence-electron chi connectivity index (χ2n) is 7.27. The molecule has 22 heavy (non-hydrogen) atoms. The Morgan fingerprint density at radius 1 is 1.18 bits per heavy atom. The van der Waals surface area contributed by atoms with Crippen molar-refractivity contribution in [3.05, 3.63) is 0 Å². The number of hydrogen-bond acceptors (Lipinski definition) is 3. The predicted octanol–water partition coefficient (Wildman–Crippen LogP) is 2.05. The summed E-state index contributed by atoms with van der Waals surface area (Å²) in [4.78, 5) is 17.0. The number of rotatable bonds is 5. The van der Waals surface area contributed by atoms with Gasteiger partial charge in [-0.2, -0.15) is 0 Å². The molecular formula is C17H33N3O2. The lowest BCUT2D eigenvalue weighted by Crippen LogP contribution is -2.53. The molecule has 2 amide bonds. The van der Waals surface area contributed by atoms with Crippen molar-refractivity contribution >= 4 is 6.03 Å². The van der Waals surface area contributed by atoms with Gasteiger partial charge in [-0.05, 0) is 44.4 Å². The Morgan fingerprint density at radius 3 is 2.55 bits per heavy atom. The summed E-state index contributed by atoms with van der Waals surface area (Å²) < 4.78 is 0. The molecule has 0 saturated carbocycles. The topological polar surface area (TPSA) is 55.8 Å². The van der Waals surface area contributed by atoms with Gasteiger partial charge in [-0.3, -0.25) is 0 Å². The Bertz CT molecular complexity index is 339. The van der Waals surface area contributed by atoms with Crippen molar-refractivity contribution in [3.8, 4) is 0 Å². The maximum atomic E-state index is 12.5. The molecule has 2 N–H and O–H groups in total. The largest absolute Gasteiger partial charge is 0.396 e. The molecule has 5 nitrogen and oxygen atoms in total. The lowest BCUT2D eigenvalue weighted by molar-refractivity contribution is 0.122. The Balaban J connectivity index is 1.77. The normalized spacial score (nSPS) is 24.7. The van der Waals surface area contributed by atoms with Crippen LogP contribution in [0.2, 0.25) is 0 Å². The highest BCUT2D eigenvalue weighted by molar-refractivity contribution is 5.75. The summed E-state index contributed by atoms with van der Waals surface area (Å²) in [5.74, 6) is 0.707. The first kappa shape index (κ1) is 17.5. The molecule has 5 heteroatoms. The third-order valence-electron chi connectivity index (χ3n) is 4.89. The lowest BCUT2D eigenvalue weighted by atomic mass is 9.99. The van der Waals surface area contributed by atoms with E-state index in [4.69, 9.17) is 0 Å².